The first kappa shape index (κ1) is 21.1. The van der Waals surface area contributed by atoms with Crippen molar-refractivity contribution < 1.29 is 29.0 Å². The Labute approximate surface area is 181 Å². The maximum absolute atomic E-state index is 12.0. The molecule has 0 aliphatic carbocycles. The number of carbonyl (C=O) groups excluding carboxylic acids is 1. The van der Waals surface area contributed by atoms with Crippen LogP contribution in [-0.4, -0.2) is 51.3 Å². The summed E-state index contributed by atoms with van der Waals surface area (Å²) in [6, 6.07) is 4.85. The number of aliphatic hydroxyl groups excluding tert-OH is 1. The van der Waals surface area contributed by atoms with Gasteiger partial charge in [-0.05, 0) is 43.7 Å². The Morgan fingerprint density at radius 3 is 2.87 bits per heavy atom. The Morgan fingerprint density at radius 1 is 1.39 bits per heavy atom. The molecule has 3 heterocycles. The van der Waals surface area contributed by atoms with Crippen LogP contribution in [0.2, 0.25) is 0 Å². The molecule has 12 heteroatoms. The third-order valence-electron chi connectivity index (χ3n) is 4.95. The van der Waals surface area contributed by atoms with Gasteiger partial charge in [0.1, 0.15) is 17.8 Å². The molecule has 2 aliphatic heterocycles. The van der Waals surface area contributed by atoms with Crippen LogP contribution in [0.25, 0.3) is 0 Å². The lowest BCUT2D eigenvalue weighted by Gasteiger charge is -2.31. The van der Waals surface area contributed by atoms with E-state index in [-0.39, 0.29) is 35.0 Å². The summed E-state index contributed by atoms with van der Waals surface area (Å²) in [4.78, 5) is 33.8. The average molecular weight is 448 g/mol. The molecule has 1 atom stereocenters. The van der Waals surface area contributed by atoms with Gasteiger partial charge >= 0.3 is 17.5 Å². The molecular weight excluding hydrogens is 428 g/mol. The Morgan fingerprint density at radius 2 is 2.16 bits per heavy atom. The SMILES string of the molecule is CCOC(=O)C1CCN(c2ncnc(Oc3ccc4c(c3)OC(O)S4)c2[N+](=O)[O-])CC1. The smallest absolute Gasteiger partial charge is 0.373 e. The maximum atomic E-state index is 12.0. The van der Waals surface area contributed by atoms with E-state index in [1.807, 2.05) is 0 Å². The Balaban J connectivity index is 1.55. The Kier molecular flexibility index (Phi) is 6.09. The summed E-state index contributed by atoms with van der Waals surface area (Å²) >= 11 is 1.14. The van der Waals surface area contributed by atoms with Gasteiger partial charge in [0.25, 0.3) is 5.62 Å². The van der Waals surface area contributed by atoms with E-state index in [2.05, 4.69) is 9.97 Å². The number of aromatic nitrogens is 2. The van der Waals surface area contributed by atoms with Crippen LogP contribution in [0.3, 0.4) is 0 Å². The fourth-order valence-corrected chi connectivity index (χ4v) is 4.24. The highest BCUT2D eigenvalue weighted by Crippen LogP contribution is 2.43. The van der Waals surface area contributed by atoms with Crippen LogP contribution in [0.5, 0.6) is 17.4 Å². The standard InChI is InChI=1S/C19H20N4O7S/c1-2-28-18(24)11-5-7-22(8-6-11)16-15(23(26)27)17(21-10-20-16)29-12-3-4-14-13(9-12)30-19(25)31-14/h3-4,9-11,19,25H,2,5-8H2,1H3. The Bertz CT molecular complexity index is 997. The van der Waals surface area contributed by atoms with Crippen LogP contribution in [0.15, 0.2) is 29.4 Å². The first-order valence-electron chi connectivity index (χ1n) is 9.70. The van der Waals surface area contributed by atoms with Crippen molar-refractivity contribution in [2.75, 3.05) is 24.6 Å². The van der Waals surface area contributed by atoms with Crippen LogP contribution in [-0.2, 0) is 9.53 Å². The van der Waals surface area contributed by atoms with Gasteiger partial charge in [0.05, 0.1) is 22.3 Å². The fraction of sp³-hybridized carbons (Fsp3) is 0.421. The molecule has 0 amide bonds. The number of ether oxygens (including phenoxy) is 3. The van der Waals surface area contributed by atoms with Gasteiger partial charge in [0.2, 0.25) is 5.82 Å². The van der Waals surface area contributed by atoms with Gasteiger partial charge in [-0.1, -0.05) is 0 Å². The summed E-state index contributed by atoms with van der Waals surface area (Å²) in [6.07, 6.45) is 2.23. The van der Waals surface area contributed by atoms with Crippen LogP contribution in [0, 0.1) is 16.0 Å². The monoisotopic (exact) mass is 448 g/mol. The first-order chi connectivity index (χ1) is 15.0. The zero-order valence-corrected chi connectivity index (χ0v) is 17.4. The molecule has 4 rings (SSSR count). The summed E-state index contributed by atoms with van der Waals surface area (Å²) in [7, 11) is 0. The van der Waals surface area contributed by atoms with Crippen molar-refractivity contribution in [2.45, 2.75) is 30.3 Å². The fourth-order valence-electron chi connectivity index (χ4n) is 3.50. The molecule has 11 nitrogen and oxygen atoms in total. The molecule has 1 unspecified atom stereocenters. The van der Waals surface area contributed by atoms with E-state index in [9.17, 15) is 20.0 Å². The normalized spacial score (nSPS) is 18.3. The lowest BCUT2D eigenvalue weighted by molar-refractivity contribution is -0.385. The molecule has 1 fully saturated rings. The van der Waals surface area contributed by atoms with E-state index < -0.39 is 10.5 Å². The van der Waals surface area contributed by atoms with E-state index in [1.165, 1.54) is 12.4 Å². The predicted octanol–water partition coefficient (Wildman–Crippen LogP) is 2.72. The molecule has 0 bridgehead atoms. The van der Waals surface area contributed by atoms with Crippen LogP contribution < -0.4 is 14.4 Å². The highest BCUT2D eigenvalue weighted by molar-refractivity contribution is 8.00. The molecule has 0 spiro atoms. The number of benzene rings is 1. The number of fused-ring (bicyclic) bond motifs is 1. The minimum atomic E-state index is -0.997. The quantitative estimate of drug-likeness (QED) is 0.396. The molecule has 31 heavy (non-hydrogen) atoms. The Hall–Kier alpha value is -3.12. The van der Waals surface area contributed by atoms with E-state index >= 15 is 0 Å². The summed E-state index contributed by atoms with van der Waals surface area (Å²) in [5, 5.41) is 21.4. The zero-order valence-electron chi connectivity index (χ0n) is 16.6. The molecular formula is C19H20N4O7S. The molecule has 164 valence electrons. The summed E-state index contributed by atoms with van der Waals surface area (Å²) in [5.74, 6) is 0.169. The van der Waals surface area contributed by atoms with Crippen molar-refractivity contribution in [1.29, 1.82) is 0 Å². The van der Waals surface area contributed by atoms with E-state index in [0.29, 0.717) is 38.3 Å². The minimum Gasteiger partial charge on any atom is -0.466 e. The average Bonchev–Trinajstić information content (AvgIpc) is 3.13. The number of esters is 1. The number of hydrogen-bond acceptors (Lipinski definition) is 11. The van der Waals surface area contributed by atoms with E-state index in [4.69, 9.17) is 14.2 Å². The number of carbonyl (C=O) groups is 1. The summed E-state index contributed by atoms with van der Waals surface area (Å²) in [6.45, 7) is 2.92. The molecule has 1 aromatic carbocycles. The molecule has 2 aliphatic rings. The van der Waals surface area contributed by atoms with Gasteiger partial charge < -0.3 is 24.2 Å². The largest absolute Gasteiger partial charge is 0.466 e. The lowest BCUT2D eigenvalue weighted by atomic mass is 9.97. The van der Waals surface area contributed by atoms with Crippen molar-refractivity contribution in [3.05, 3.63) is 34.6 Å². The zero-order chi connectivity index (χ0) is 22.0. The molecule has 0 saturated carbocycles. The second-order valence-electron chi connectivity index (χ2n) is 6.87. The van der Waals surface area contributed by atoms with Gasteiger partial charge in [0, 0.05) is 19.2 Å². The maximum Gasteiger partial charge on any atom is 0.373 e. The topological polar surface area (TPSA) is 137 Å². The number of aliphatic hydroxyl groups is 1. The number of piperidine rings is 1. The van der Waals surface area contributed by atoms with Gasteiger partial charge in [-0.25, -0.2) is 4.98 Å². The second-order valence-corrected chi connectivity index (χ2v) is 7.95. The van der Waals surface area contributed by atoms with E-state index in [1.54, 1.807) is 24.0 Å². The number of thioether (sulfide) groups is 1. The highest BCUT2D eigenvalue weighted by atomic mass is 32.2. The molecule has 0 radical (unpaired) electrons. The molecule has 2 aromatic rings. The number of rotatable bonds is 6. The molecule has 1 N–H and O–H groups in total. The van der Waals surface area contributed by atoms with Crippen molar-refractivity contribution in [1.82, 2.24) is 9.97 Å². The van der Waals surface area contributed by atoms with Gasteiger partial charge in [-0.3, -0.25) is 14.9 Å². The summed E-state index contributed by atoms with van der Waals surface area (Å²) < 4.78 is 16.0. The van der Waals surface area contributed by atoms with Crippen molar-refractivity contribution in [3.63, 3.8) is 0 Å². The minimum absolute atomic E-state index is 0.140. The van der Waals surface area contributed by atoms with Gasteiger partial charge in [-0.15, -0.1) is 0 Å². The predicted molar refractivity (Wildman–Crippen MR) is 109 cm³/mol. The third-order valence-corrected chi connectivity index (χ3v) is 5.84. The first-order valence-corrected chi connectivity index (χ1v) is 10.6. The van der Waals surface area contributed by atoms with Gasteiger partial charge in [0.15, 0.2) is 0 Å². The summed E-state index contributed by atoms with van der Waals surface area (Å²) in [5.41, 5.74) is -1.35. The molecule has 1 aromatic heterocycles. The lowest BCUT2D eigenvalue weighted by Crippen LogP contribution is -2.37. The van der Waals surface area contributed by atoms with Crippen LogP contribution >= 0.6 is 11.8 Å². The van der Waals surface area contributed by atoms with Crippen molar-refractivity contribution >= 4 is 29.2 Å². The number of anilines is 1. The van der Waals surface area contributed by atoms with Crippen molar-refractivity contribution in [3.8, 4) is 17.4 Å². The number of nitro groups is 1. The van der Waals surface area contributed by atoms with Gasteiger partial charge in [-0.2, -0.15) is 4.98 Å². The second kappa shape index (κ2) is 8.94. The van der Waals surface area contributed by atoms with Crippen LogP contribution in [0.1, 0.15) is 19.8 Å². The third kappa shape index (κ3) is 4.49. The molecule has 1 saturated heterocycles. The van der Waals surface area contributed by atoms with Crippen molar-refractivity contribution in [2.24, 2.45) is 5.92 Å². The van der Waals surface area contributed by atoms with Crippen LogP contribution in [0.4, 0.5) is 11.5 Å². The van der Waals surface area contributed by atoms with E-state index in [0.717, 1.165) is 16.7 Å². The number of nitrogens with zero attached hydrogens (tertiary/aromatic N) is 4. The highest BCUT2D eigenvalue weighted by Gasteiger charge is 2.33. The number of hydrogen-bond donors (Lipinski definition) is 1.